The summed E-state index contributed by atoms with van der Waals surface area (Å²) in [7, 11) is 0. The third-order valence-corrected chi connectivity index (χ3v) is 3.82. The second-order valence-electron chi connectivity index (χ2n) is 4.98. The van der Waals surface area contributed by atoms with Gasteiger partial charge in [-0.25, -0.2) is 0 Å². The van der Waals surface area contributed by atoms with E-state index in [0.29, 0.717) is 12.5 Å². The zero-order valence-electron chi connectivity index (χ0n) is 9.53. The summed E-state index contributed by atoms with van der Waals surface area (Å²) in [6.45, 7) is 5.91. The van der Waals surface area contributed by atoms with Crippen LogP contribution in [-0.2, 0) is 4.74 Å². The molecule has 0 amide bonds. The highest BCUT2D eigenvalue weighted by Gasteiger charge is 2.22. The molecule has 0 aromatic rings. The Labute approximate surface area is 92.4 Å². The van der Waals surface area contributed by atoms with Crippen LogP contribution in [0.4, 0.5) is 0 Å². The van der Waals surface area contributed by atoms with Crippen molar-refractivity contribution in [1.29, 1.82) is 0 Å². The van der Waals surface area contributed by atoms with Gasteiger partial charge in [0, 0.05) is 26.4 Å². The van der Waals surface area contributed by atoms with Gasteiger partial charge in [0.05, 0.1) is 0 Å². The maximum atomic E-state index is 9.06. The summed E-state index contributed by atoms with van der Waals surface area (Å²) in [5.74, 6) is 1.42. The fourth-order valence-corrected chi connectivity index (χ4v) is 2.65. The van der Waals surface area contributed by atoms with E-state index in [1.165, 1.54) is 45.3 Å². The van der Waals surface area contributed by atoms with Crippen LogP contribution >= 0.6 is 0 Å². The van der Waals surface area contributed by atoms with Gasteiger partial charge in [-0.05, 0) is 50.6 Å². The molecular formula is C12H23NO2. The lowest BCUT2D eigenvalue weighted by Gasteiger charge is -2.34. The van der Waals surface area contributed by atoms with E-state index in [1.54, 1.807) is 0 Å². The van der Waals surface area contributed by atoms with Gasteiger partial charge in [-0.15, -0.1) is 0 Å². The molecule has 2 aliphatic rings. The van der Waals surface area contributed by atoms with Crippen molar-refractivity contribution < 1.29 is 9.84 Å². The Bertz CT molecular complexity index is 172. The Balaban J connectivity index is 1.67. The molecule has 0 unspecified atom stereocenters. The Morgan fingerprint density at radius 1 is 1.00 bits per heavy atom. The van der Waals surface area contributed by atoms with E-state index in [4.69, 9.17) is 9.84 Å². The average molecular weight is 213 g/mol. The molecule has 0 atom stereocenters. The molecule has 3 nitrogen and oxygen atoms in total. The van der Waals surface area contributed by atoms with Crippen LogP contribution in [0.5, 0.6) is 0 Å². The highest BCUT2D eigenvalue weighted by molar-refractivity contribution is 4.75. The number of hydrogen-bond acceptors (Lipinski definition) is 3. The van der Waals surface area contributed by atoms with Crippen molar-refractivity contribution >= 4 is 0 Å². The topological polar surface area (TPSA) is 32.7 Å². The molecule has 0 spiro atoms. The van der Waals surface area contributed by atoms with Gasteiger partial charge in [-0.2, -0.15) is 0 Å². The molecule has 2 heterocycles. The number of aliphatic hydroxyl groups excluding tert-OH is 1. The van der Waals surface area contributed by atoms with Gasteiger partial charge in [-0.1, -0.05) is 0 Å². The normalized spacial score (nSPS) is 27.0. The predicted molar refractivity (Wildman–Crippen MR) is 59.8 cm³/mol. The summed E-state index contributed by atoms with van der Waals surface area (Å²) in [5, 5.41) is 9.06. The molecule has 15 heavy (non-hydrogen) atoms. The van der Waals surface area contributed by atoms with Crippen LogP contribution in [0, 0.1) is 11.8 Å². The smallest absolute Gasteiger partial charge is 0.0469 e. The molecule has 0 aromatic carbocycles. The first-order valence-corrected chi connectivity index (χ1v) is 6.29. The van der Waals surface area contributed by atoms with Crippen LogP contribution in [-0.4, -0.2) is 49.5 Å². The Kier molecular flexibility index (Phi) is 4.42. The Morgan fingerprint density at radius 3 is 2.27 bits per heavy atom. The van der Waals surface area contributed by atoms with Crippen molar-refractivity contribution in [3.05, 3.63) is 0 Å². The minimum Gasteiger partial charge on any atom is -0.396 e. The zero-order valence-corrected chi connectivity index (χ0v) is 9.53. The van der Waals surface area contributed by atoms with E-state index in [1.807, 2.05) is 0 Å². The van der Waals surface area contributed by atoms with Gasteiger partial charge in [0.1, 0.15) is 0 Å². The molecule has 0 radical (unpaired) electrons. The minimum absolute atomic E-state index is 0.380. The summed E-state index contributed by atoms with van der Waals surface area (Å²) >= 11 is 0. The van der Waals surface area contributed by atoms with E-state index >= 15 is 0 Å². The van der Waals surface area contributed by atoms with Gasteiger partial charge in [-0.3, -0.25) is 0 Å². The number of nitrogens with zero attached hydrogens (tertiary/aromatic N) is 1. The van der Waals surface area contributed by atoms with Gasteiger partial charge in [0.25, 0.3) is 0 Å². The summed E-state index contributed by atoms with van der Waals surface area (Å²) in [6.07, 6.45) is 4.83. The SMILES string of the molecule is OCC1CCN(CC2CCOCC2)CC1. The molecule has 2 saturated heterocycles. The van der Waals surface area contributed by atoms with E-state index in [0.717, 1.165) is 19.1 Å². The Hall–Kier alpha value is -0.120. The molecule has 1 N–H and O–H groups in total. The molecule has 2 rings (SSSR count). The van der Waals surface area contributed by atoms with E-state index < -0.39 is 0 Å². The summed E-state index contributed by atoms with van der Waals surface area (Å²) in [5.41, 5.74) is 0. The van der Waals surface area contributed by atoms with Gasteiger partial charge in [0.15, 0.2) is 0 Å². The van der Waals surface area contributed by atoms with Gasteiger partial charge in [0.2, 0.25) is 0 Å². The number of likely N-dealkylation sites (tertiary alicyclic amines) is 1. The number of rotatable bonds is 3. The van der Waals surface area contributed by atoms with Crippen LogP contribution in [0.15, 0.2) is 0 Å². The first-order valence-electron chi connectivity index (χ1n) is 6.29. The van der Waals surface area contributed by atoms with Crippen LogP contribution in [0.25, 0.3) is 0 Å². The number of ether oxygens (including phenoxy) is 1. The average Bonchev–Trinajstić information content (AvgIpc) is 2.31. The van der Waals surface area contributed by atoms with E-state index in [2.05, 4.69) is 4.90 Å². The zero-order chi connectivity index (χ0) is 10.5. The second kappa shape index (κ2) is 5.83. The quantitative estimate of drug-likeness (QED) is 0.762. The largest absolute Gasteiger partial charge is 0.396 e. The highest BCUT2D eigenvalue weighted by atomic mass is 16.5. The lowest BCUT2D eigenvalue weighted by atomic mass is 9.95. The van der Waals surface area contributed by atoms with Crippen LogP contribution < -0.4 is 0 Å². The fraction of sp³-hybridized carbons (Fsp3) is 1.00. The monoisotopic (exact) mass is 213 g/mol. The third-order valence-electron chi connectivity index (χ3n) is 3.82. The molecule has 2 aliphatic heterocycles. The van der Waals surface area contributed by atoms with Crippen molar-refractivity contribution in [1.82, 2.24) is 4.90 Å². The molecule has 0 aliphatic carbocycles. The van der Waals surface area contributed by atoms with Crippen molar-refractivity contribution in [2.24, 2.45) is 11.8 Å². The summed E-state index contributed by atoms with van der Waals surface area (Å²) < 4.78 is 5.37. The molecule has 0 saturated carbocycles. The lowest BCUT2D eigenvalue weighted by Crippen LogP contribution is -2.39. The first-order chi connectivity index (χ1) is 7.38. The third kappa shape index (κ3) is 3.44. The number of piperidine rings is 1. The van der Waals surface area contributed by atoms with Crippen LogP contribution in [0.2, 0.25) is 0 Å². The maximum absolute atomic E-state index is 9.06. The highest BCUT2D eigenvalue weighted by Crippen LogP contribution is 2.21. The number of hydrogen-bond donors (Lipinski definition) is 1. The first kappa shape index (κ1) is 11.4. The summed E-state index contributed by atoms with van der Waals surface area (Å²) in [4.78, 5) is 2.57. The predicted octanol–water partition coefficient (Wildman–Crippen LogP) is 1.12. The second-order valence-corrected chi connectivity index (χ2v) is 4.98. The van der Waals surface area contributed by atoms with E-state index in [-0.39, 0.29) is 0 Å². The lowest BCUT2D eigenvalue weighted by molar-refractivity contribution is 0.0438. The van der Waals surface area contributed by atoms with Crippen LogP contribution in [0.3, 0.4) is 0 Å². The van der Waals surface area contributed by atoms with Crippen molar-refractivity contribution in [3.63, 3.8) is 0 Å². The molecule has 3 heteroatoms. The Morgan fingerprint density at radius 2 is 1.67 bits per heavy atom. The van der Waals surface area contributed by atoms with Gasteiger partial charge >= 0.3 is 0 Å². The maximum Gasteiger partial charge on any atom is 0.0469 e. The molecule has 0 aromatic heterocycles. The van der Waals surface area contributed by atoms with Crippen molar-refractivity contribution in [3.8, 4) is 0 Å². The molecule has 88 valence electrons. The summed E-state index contributed by atoms with van der Waals surface area (Å²) in [6, 6.07) is 0. The number of aliphatic hydroxyl groups is 1. The van der Waals surface area contributed by atoms with Crippen molar-refractivity contribution in [2.75, 3.05) is 39.5 Å². The fourth-order valence-electron chi connectivity index (χ4n) is 2.65. The molecular weight excluding hydrogens is 190 g/mol. The van der Waals surface area contributed by atoms with Gasteiger partial charge < -0.3 is 14.7 Å². The van der Waals surface area contributed by atoms with Crippen molar-refractivity contribution in [2.45, 2.75) is 25.7 Å². The minimum atomic E-state index is 0.380. The van der Waals surface area contributed by atoms with Crippen LogP contribution in [0.1, 0.15) is 25.7 Å². The molecule has 2 fully saturated rings. The van der Waals surface area contributed by atoms with E-state index in [9.17, 15) is 0 Å². The molecule has 0 bridgehead atoms. The standard InChI is InChI=1S/C12H23NO2/c14-10-12-1-5-13(6-2-12)9-11-3-7-15-8-4-11/h11-12,14H,1-10H2.